The highest BCUT2D eigenvalue weighted by molar-refractivity contribution is 5.71. The van der Waals surface area contributed by atoms with E-state index in [-0.39, 0.29) is 0 Å². The quantitative estimate of drug-likeness (QED) is 0.828. The molecule has 0 radical (unpaired) electrons. The van der Waals surface area contributed by atoms with Gasteiger partial charge in [0.1, 0.15) is 5.75 Å². The van der Waals surface area contributed by atoms with E-state index < -0.39 is 0 Å². The number of pyridine rings is 1. The SMILES string of the molecule is C=COc1cncc(C2=CCCC3CCNC23)c1. The molecule has 1 saturated heterocycles. The van der Waals surface area contributed by atoms with E-state index in [9.17, 15) is 0 Å². The number of ether oxygens (including phenoxy) is 1. The molecule has 0 bridgehead atoms. The Balaban J connectivity index is 1.91. The minimum absolute atomic E-state index is 0.500. The van der Waals surface area contributed by atoms with Gasteiger partial charge in [-0.25, -0.2) is 0 Å². The van der Waals surface area contributed by atoms with Crippen LogP contribution in [0, 0.1) is 5.92 Å². The van der Waals surface area contributed by atoms with E-state index in [4.69, 9.17) is 4.74 Å². The van der Waals surface area contributed by atoms with E-state index >= 15 is 0 Å². The predicted molar refractivity (Wildman–Crippen MR) is 72.2 cm³/mol. The third-order valence-corrected chi connectivity index (χ3v) is 3.85. The Hall–Kier alpha value is -1.61. The molecule has 1 aliphatic carbocycles. The fourth-order valence-corrected chi connectivity index (χ4v) is 3.05. The van der Waals surface area contributed by atoms with Crippen LogP contribution in [0.2, 0.25) is 0 Å². The molecule has 2 atom stereocenters. The summed E-state index contributed by atoms with van der Waals surface area (Å²) in [5.74, 6) is 1.54. The topological polar surface area (TPSA) is 34.1 Å². The molecule has 1 aliphatic heterocycles. The summed E-state index contributed by atoms with van der Waals surface area (Å²) >= 11 is 0. The summed E-state index contributed by atoms with van der Waals surface area (Å²) in [5, 5.41) is 3.60. The van der Waals surface area contributed by atoms with Gasteiger partial charge >= 0.3 is 0 Å². The van der Waals surface area contributed by atoms with Gasteiger partial charge in [0.2, 0.25) is 0 Å². The second-order valence-corrected chi connectivity index (χ2v) is 4.91. The first-order valence-electron chi connectivity index (χ1n) is 6.55. The molecule has 18 heavy (non-hydrogen) atoms. The van der Waals surface area contributed by atoms with Crippen molar-refractivity contribution in [2.75, 3.05) is 6.54 Å². The van der Waals surface area contributed by atoms with Crippen LogP contribution in [-0.2, 0) is 0 Å². The number of hydrogen-bond donors (Lipinski definition) is 1. The van der Waals surface area contributed by atoms with Crippen molar-refractivity contribution >= 4 is 5.57 Å². The fourth-order valence-electron chi connectivity index (χ4n) is 3.05. The average molecular weight is 242 g/mol. The second-order valence-electron chi connectivity index (χ2n) is 4.91. The van der Waals surface area contributed by atoms with Crippen molar-refractivity contribution < 1.29 is 4.74 Å². The van der Waals surface area contributed by atoms with Gasteiger partial charge in [-0.15, -0.1) is 0 Å². The van der Waals surface area contributed by atoms with Gasteiger partial charge in [0.25, 0.3) is 0 Å². The van der Waals surface area contributed by atoms with Gasteiger partial charge in [-0.2, -0.15) is 0 Å². The number of nitrogens with one attached hydrogen (secondary N) is 1. The first-order chi connectivity index (χ1) is 8.88. The van der Waals surface area contributed by atoms with Crippen LogP contribution in [0.4, 0.5) is 0 Å². The Bertz CT molecular complexity index is 481. The first kappa shape index (κ1) is 11.5. The van der Waals surface area contributed by atoms with Crippen molar-refractivity contribution in [2.24, 2.45) is 5.92 Å². The van der Waals surface area contributed by atoms with Crippen LogP contribution in [0.5, 0.6) is 5.75 Å². The molecular weight excluding hydrogens is 224 g/mol. The molecule has 2 heterocycles. The lowest BCUT2D eigenvalue weighted by Crippen LogP contribution is -2.30. The first-order valence-corrected chi connectivity index (χ1v) is 6.55. The summed E-state index contributed by atoms with van der Waals surface area (Å²) < 4.78 is 5.30. The Morgan fingerprint density at radius 2 is 2.33 bits per heavy atom. The lowest BCUT2D eigenvalue weighted by Gasteiger charge is -2.27. The zero-order valence-corrected chi connectivity index (χ0v) is 10.4. The molecule has 3 heteroatoms. The van der Waals surface area contributed by atoms with Gasteiger partial charge in [-0.3, -0.25) is 4.98 Å². The maximum atomic E-state index is 5.30. The molecule has 2 unspecified atom stereocenters. The third-order valence-electron chi connectivity index (χ3n) is 3.85. The molecule has 0 saturated carbocycles. The highest BCUT2D eigenvalue weighted by Gasteiger charge is 2.32. The van der Waals surface area contributed by atoms with Gasteiger partial charge in [0.05, 0.1) is 12.5 Å². The number of allylic oxidation sites excluding steroid dienone is 1. The van der Waals surface area contributed by atoms with E-state index in [1.54, 1.807) is 6.20 Å². The zero-order chi connectivity index (χ0) is 12.4. The summed E-state index contributed by atoms with van der Waals surface area (Å²) in [6.45, 7) is 4.70. The van der Waals surface area contributed by atoms with Gasteiger partial charge in [0, 0.05) is 17.8 Å². The summed E-state index contributed by atoms with van der Waals surface area (Å²) in [7, 11) is 0. The van der Waals surface area contributed by atoms with Crippen molar-refractivity contribution in [2.45, 2.75) is 25.3 Å². The molecular formula is C15H18N2O. The molecule has 94 valence electrons. The molecule has 1 aromatic heterocycles. The lowest BCUT2D eigenvalue weighted by molar-refractivity contribution is 0.468. The molecule has 0 amide bonds. The summed E-state index contributed by atoms with van der Waals surface area (Å²) in [6, 6.07) is 2.54. The molecule has 2 aliphatic rings. The van der Waals surface area contributed by atoms with E-state index in [1.807, 2.05) is 12.3 Å². The van der Waals surface area contributed by atoms with E-state index in [1.165, 1.54) is 36.7 Å². The normalized spacial score (nSPS) is 26.3. The maximum Gasteiger partial charge on any atom is 0.145 e. The molecule has 0 aromatic carbocycles. The maximum absolute atomic E-state index is 5.30. The molecule has 3 rings (SSSR count). The number of hydrogen-bond acceptors (Lipinski definition) is 3. The Kier molecular flexibility index (Phi) is 3.15. The van der Waals surface area contributed by atoms with Crippen LogP contribution in [0.3, 0.4) is 0 Å². The summed E-state index contributed by atoms with van der Waals surface area (Å²) in [4.78, 5) is 4.25. The van der Waals surface area contributed by atoms with Gasteiger partial charge in [-0.1, -0.05) is 12.7 Å². The monoisotopic (exact) mass is 242 g/mol. The van der Waals surface area contributed by atoms with Gasteiger partial charge < -0.3 is 10.1 Å². The highest BCUT2D eigenvalue weighted by Crippen LogP contribution is 2.36. The Morgan fingerprint density at radius 3 is 3.22 bits per heavy atom. The van der Waals surface area contributed by atoms with Crippen molar-refractivity contribution in [1.82, 2.24) is 10.3 Å². The number of aromatic nitrogens is 1. The van der Waals surface area contributed by atoms with Crippen LogP contribution < -0.4 is 10.1 Å². The van der Waals surface area contributed by atoms with E-state index in [0.29, 0.717) is 6.04 Å². The molecule has 0 spiro atoms. The largest absolute Gasteiger partial charge is 0.464 e. The lowest BCUT2D eigenvalue weighted by atomic mass is 9.82. The number of rotatable bonds is 3. The number of fused-ring (bicyclic) bond motifs is 1. The smallest absolute Gasteiger partial charge is 0.145 e. The predicted octanol–water partition coefficient (Wildman–Crippen LogP) is 2.76. The summed E-state index contributed by atoms with van der Waals surface area (Å²) in [6.07, 6.45) is 11.2. The van der Waals surface area contributed by atoms with E-state index in [2.05, 4.69) is 23.0 Å². The van der Waals surface area contributed by atoms with Crippen molar-refractivity contribution in [3.63, 3.8) is 0 Å². The Labute approximate surface area is 108 Å². The van der Waals surface area contributed by atoms with Gasteiger partial charge in [-0.05, 0) is 43.4 Å². The van der Waals surface area contributed by atoms with Crippen LogP contribution in [0.1, 0.15) is 24.8 Å². The molecule has 1 N–H and O–H groups in total. The standard InChI is InChI=1S/C15H18N2O/c1-2-18-13-8-12(9-16-10-13)14-5-3-4-11-6-7-17-15(11)14/h2,5,8-11,15,17H,1,3-4,6-7H2. The van der Waals surface area contributed by atoms with Crippen molar-refractivity contribution in [3.05, 3.63) is 42.9 Å². The summed E-state index contributed by atoms with van der Waals surface area (Å²) in [5.41, 5.74) is 2.55. The highest BCUT2D eigenvalue weighted by atomic mass is 16.5. The van der Waals surface area contributed by atoms with Gasteiger partial charge in [0.15, 0.2) is 0 Å². The van der Waals surface area contributed by atoms with Crippen LogP contribution in [0.15, 0.2) is 37.4 Å². The zero-order valence-electron chi connectivity index (χ0n) is 10.4. The van der Waals surface area contributed by atoms with E-state index in [0.717, 1.165) is 18.2 Å². The van der Waals surface area contributed by atoms with Crippen LogP contribution >= 0.6 is 0 Å². The minimum atomic E-state index is 0.500. The fraction of sp³-hybridized carbons (Fsp3) is 0.400. The second kappa shape index (κ2) is 4.94. The Morgan fingerprint density at radius 1 is 1.39 bits per heavy atom. The van der Waals surface area contributed by atoms with Crippen molar-refractivity contribution in [1.29, 1.82) is 0 Å². The average Bonchev–Trinajstić information content (AvgIpc) is 2.87. The minimum Gasteiger partial charge on any atom is -0.464 e. The number of nitrogens with zero attached hydrogens (tertiary/aromatic N) is 1. The molecule has 1 aromatic rings. The van der Waals surface area contributed by atoms with Crippen LogP contribution in [0.25, 0.3) is 5.57 Å². The molecule has 1 fully saturated rings. The van der Waals surface area contributed by atoms with Crippen LogP contribution in [-0.4, -0.2) is 17.6 Å². The third kappa shape index (κ3) is 2.06. The molecule has 3 nitrogen and oxygen atoms in total. The van der Waals surface area contributed by atoms with Crippen molar-refractivity contribution in [3.8, 4) is 5.75 Å².